The number of hydrogen-bond donors (Lipinski definition) is 2. The van der Waals surface area contributed by atoms with Gasteiger partial charge in [0, 0.05) is 67.9 Å². The molecule has 0 aromatic rings. The summed E-state index contributed by atoms with van der Waals surface area (Å²) in [6, 6.07) is 0. The second-order valence-electron chi connectivity index (χ2n) is 13.3. The molecule has 2 rings (SSSR count). The van der Waals surface area contributed by atoms with Crippen molar-refractivity contribution in [2.24, 2.45) is 11.1 Å². The lowest BCUT2D eigenvalue weighted by molar-refractivity contribution is -0.139. The SMILES string of the molecule is CC(C)(CCOC(C)(C)CCC=O)NC(=O)CCN1C(=O)C=CC1=O.CC(C)(N)CC(C)(C)CN1C(=O)C=CC1=O. The molecule has 0 saturated carbocycles. The van der Waals surface area contributed by atoms with Crippen molar-refractivity contribution in [3.63, 3.8) is 0 Å². The Bertz CT molecular complexity index is 1020. The number of amides is 5. The molecule has 0 saturated heterocycles. The minimum absolute atomic E-state index is 0.0638. The van der Waals surface area contributed by atoms with Gasteiger partial charge in [-0.3, -0.25) is 33.8 Å². The topological polar surface area (TPSA) is 156 Å². The van der Waals surface area contributed by atoms with Gasteiger partial charge in [0.05, 0.1) is 5.60 Å². The molecule has 2 aliphatic heterocycles. The van der Waals surface area contributed by atoms with Gasteiger partial charge in [-0.05, 0) is 66.2 Å². The van der Waals surface area contributed by atoms with E-state index in [1.54, 1.807) is 0 Å². The molecule has 0 aromatic carbocycles. The Hall–Kier alpha value is -3.18. The van der Waals surface area contributed by atoms with Gasteiger partial charge >= 0.3 is 0 Å². The molecule has 11 heteroatoms. The molecule has 2 heterocycles. The molecule has 41 heavy (non-hydrogen) atoms. The summed E-state index contributed by atoms with van der Waals surface area (Å²) in [5.74, 6) is -1.45. The van der Waals surface area contributed by atoms with Crippen LogP contribution in [0.1, 0.15) is 87.5 Å². The summed E-state index contributed by atoms with van der Waals surface area (Å²) in [5, 5.41) is 2.89. The number of aldehydes is 1. The van der Waals surface area contributed by atoms with Crippen LogP contribution in [0.2, 0.25) is 0 Å². The number of nitrogens with zero attached hydrogens (tertiary/aromatic N) is 2. The van der Waals surface area contributed by atoms with Crippen LogP contribution in [-0.4, -0.2) is 82.0 Å². The minimum atomic E-state index is -0.477. The number of carbonyl (C=O) groups excluding carboxylic acids is 6. The zero-order valence-corrected chi connectivity index (χ0v) is 25.9. The molecule has 2 aliphatic rings. The molecule has 11 nitrogen and oxygen atoms in total. The summed E-state index contributed by atoms with van der Waals surface area (Å²) in [6.45, 7) is 16.5. The number of ether oxygens (including phenoxy) is 1. The smallest absolute Gasteiger partial charge is 0.253 e. The zero-order valence-electron chi connectivity index (χ0n) is 25.9. The van der Waals surface area contributed by atoms with E-state index in [4.69, 9.17) is 10.5 Å². The van der Waals surface area contributed by atoms with E-state index < -0.39 is 5.54 Å². The van der Waals surface area contributed by atoms with Crippen LogP contribution in [0.15, 0.2) is 24.3 Å². The number of imide groups is 2. The average molecular weight is 577 g/mol. The summed E-state index contributed by atoms with van der Waals surface area (Å²) in [4.78, 5) is 70.5. The average Bonchev–Trinajstić information content (AvgIpc) is 3.29. The normalized spacial score (nSPS) is 15.9. The van der Waals surface area contributed by atoms with Crippen LogP contribution in [0.5, 0.6) is 0 Å². The van der Waals surface area contributed by atoms with Crippen LogP contribution in [0.25, 0.3) is 0 Å². The summed E-state index contributed by atoms with van der Waals surface area (Å²) in [6.07, 6.45) is 8.42. The van der Waals surface area contributed by atoms with Gasteiger partial charge in [0.1, 0.15) is 6.29 Å². The van der Waals surface area contributed by atoms with E-state index in [0.29, 0.717) is 32.4 Å². The second kappa shape index (κ2) is 14.6. The maximum Gasteiger partial charge on any atom is 0.253 e. The van der Waals surface area contributed by atoms with Crippen LogP contribution < -0.4 is 11.1 Å². The molecule has 3 N–H and O–H groups in total. The monoisotopic (exact) mass is 576 g/mol. The van der Waals surface area contributed by atoms with E-state index in [1.807, 2.05) is 55.4 Å². The first-order chi connectivity index (χ1) is 18.7. The third-order valence-corrected chi connectivity index (χ3v) is 6.45. The van der Waals surface area contributed by atoms with E-state index in [-0.39, 0.29) is 59.1 Å². The number of rotatable bonds is 15. The highest BCUT2D eigenvalue weighted by Gasteiger charge is 2.33. The molecule has 0 unspecified atom stereocenters. The molecule has 0 spiro atoms. The molecule has 0 aromatic heterocycles. The molecule has 0 bridgehead atoms. The summed E-state index contributed by atoms with van der Waals surface area (Å²) in [5.41, 5.74) is 4.63. The van der Waals surface area contributed by atoms with Crippen molar-refractivity contribution in [2.75, 3.05) is 19.7 Å². The van der Waals surface area contributed by atoms with Crippen molar-refractivity contribution in [1.82, 2.24) is 15.1 Å². The molecule has 0 radical (unpaired) electrons. The van der Waals surface area contributed by atoms with Gasteiger partial charge in [0.15, 0.2) is 0 Å². The molecular weight excluding hydrogens is 528 g/mol. The largest absolute Gasteiger partial charge is 0.375 e. The Kier molecular flexibility index (Phi) is 12.8. The minimum Gasteiger partial charge on any atom is -0.375 e. The molecule has 0 aliphatic carbocycles. The highest BCUT2D eigenvalue weighted by molar-refractivity contribution is 6.13. The standard InChI is InChI=1S/C18H28N2O5.C12H20N2O2/c1-17(2,10-13-25-18(3,4)9-5-12-21)19-14(22)8-11-20-15(23)6-7-16(20)24;1-11(2,7-12(3,4)13)8-14-9(15)5-6-10(14)16/h6-7,12H,5,8-11,13H2,1-4H3,(H,19,22);5-6H,7-8,13H2,1-4H3. The van der Waals surface area contributed by atoms with Gasteiger partial charge in [-0.25, -0.2) is 0 Å². The van der Waals surface area contributed by atoms with Gasteiger partial charge in [-0.15, -0.1) is 0 Å². The van der Waals surface area contributed by atoms with Crippen LogP contribution in [-0.2, 0) is 33.5 Å². The molecule has 0 atom stereocenters. The van der Waals surface area contributed by atoms with E-state index in [9.17, 15) is 28.8 Å². The van der Waals surface area contributed by atoms with Crippen LogP contribution >= 0.6 is 0 Å². The van der Waals surface area contributed by atoms with Crippen LogP contribution in [0.4, 0.5) is 0 Å². The first-order valence-corrected chi connectivity index (χ1v) is 13.9. The maximum absolute atomic E-state index is 12.1. The van der Waals surface area contributed by atoms with Gasteiger partial charge in [0.2, 0.25) is 5.91 Å². The second-order valence-corrected chi connectivity index (χ2v) is 13.3. The first-order valence-electron chi connectivity index (χ1n) is 13.9. The van der Waals surface area contributed by atoms with Crippen molar-refractivity contribution in [1.29, 1.82) is 0 Å². The van der Waals surface area contributed by atoms with Crippen molar-refractivity contribution in [3.05, 3.63) is 24.3 Å². The van der Waals surface area contributed by atoms with E-state index in [2.05, 4.69) is 5.32 Å². The number of nitrogens with two attached hydrogens (primary N) is 1. The van der Waals surface area contributed by atoms with E-state index in [0.717, 1.165) is 17.6 Å². The molecule has 230 valence electrons. The van der Waals surface area contributed by atoms with E-state index in [1.165, 1.54) is 29.2 Å². The fourth-order valence-electron chi connectivity index (χ4n) is 4.73. The number of nitrogens with one attached hydrogen (secondary N) is 1. The quantitative estimate of drug-likeness (QED) is 0.222. The third-order valence-electron chi connectivity index (χ3n) is 6.45. The highest BCUT2D eigenvalue weighted by atomic mass is 16.5. The molecule has 0 fully saturated rings. The van der Waals surface area contributed by atoms with Gasteiger partial charge in [-0.2, -0.15) is 0 Å². The Labute approximate surface area is 243 Å². The lowest BCUT2D eigenvalue weighted by atomic mass is 9.80. The van der Waals surface area contributed by atoms with Gasteiger partial charge in [0.25, 0.3) is 23.6 Å². The summed E-state index contributed by atoms with van der Waals surface area (Å²) >= 11 is 0. The Morgan fingerprint density at radius 2 is 1.34 bits per heavy atom. The Balaban J connectivity index is 0.000000452. The van der Waals surface area contributed by atoms with Crippen molar-refractivity contribution in [3.8, 4) is 0 Å². The van der Waals surface area contributed by atoms with Gasteiger partial charge < -0.3 is 20.6 Å². The van der Waals surface area contributed by atoms with Gasteiger partial charge in [-0.1, -0.05) is 13.8 Å². The predicted octanol–water partition coefficient (Wildman–Crippen LogP) is 2.43. The predicted molar refractivity (Wildman–Crippen MR) is 155 cm³/mol. The third kappa shape index (κ3) is 13.8. The summed E-state index contributed by atoms with van der Waals surface area (Å²) in [7, 11) is 0. The lowest BCUT2D eigenvalue weighted by Crippen LogP contribution is -2.46. The van der Waals surface area contributed by atoms with Crippen molar-refractivity contribution < 1.29 is 33.5 Å². The Morgan fingerprint density at radius 1 is 0.854 bits per heavy atom. The zero-order chi connectivity index (χ0) is 31.6. The van der Waals surface area contributed by atoms with Crippen LogP contribution in [0, 0.1) is 5.41 Å². The van der Waals surface area contributed by atoms with Crippen molar-refractivity contribution in [2.45, 2.75) is 104 Å². The fourth-order valence-corrected chi connectivity index (χ4v) is 4.73. The first kappa shape index (κ1) is 35.8. The fraction of sp³-hybridized carbons (Fsp3) is 0.667. The van der Waals surface area contributed by atoms with Crippen molar-refractivity contribution >= 4 is 35.8 Å². The lowest BCUT2D eigenvalue weighted by Gasteiger charge is -2.34. The summed E-state index contributed by atoms with van der Waals surface area (Å²) < 4.78 is 5.80. The Morgan fingerprint density at radius 3 is 1.80 bits per heavy atom. The van der Waals surface area contributed by atoms with E-state index >= 15 is 0 Å². The van der Waals surface area contributed by atoms with Crippen LogP contribution in [0.3, 0.4) is 0 Å². The highest BCUT2D eigenvalue weighted by Crippen LogP contribution is 2.28. The molecular formula is C30H48N4O7. The maximum atomic E-state index is 12.1. The number of carbonyl (C=O) groups is 6. The molecule has 5 amide bonds. The number of hydrogen-bond acceptors (Lipinski definition) is 8.